The molecule has 0 spiro atoms. The van der Waals surface area contributed by atoms with Gasteiger partial charge >= 0.3 is 5.97 Å². The normalized spacial score (nSPS) is 13.3. The van der Waals surface area contributed by atoms with Crippen molar-refractivity contribution < 1.29 is 19.1 Å². The molecule has 142 valence electrons. The van der Waals surface area contributed by atoms with Gasteiger partial charge in [0.1, 0.15) is 5.69 Å². The topological polar surface area (TPSA) is 92.4 Å². The monoisotopic (exact) mass is 369 g/mol. The summed E-state index contributed by atoms with van der Waals surface area (Å²) in [5.41, 5.74) is 2.72. The molecule has 1 aliphatic carbocycles. The van der Waals surface area contributed by atoms with Crippen LogP contribution in [0.1, 0.15) is 50.5 Å². The zero-order chi connectivity index (χ0) is 19.6. The minimum absolute atomic E-state index is 0.00789. The molecule has 1 saturated carbocycles. The van der Waals surface area contributed by atoms with E-state index in [0.29, 0.717) is 23.4 Å². The number of carbonyl (C=O) groups excluding carboxylic acids is 3. The average Bonchev–Trinajstić information content (AvgIpc) is 3.46. The maximum Gasteiger partial charge on any atom is 0.354 e. The molecule has 7 nitrogen and oxygen atoms in total. The molecule has 0 saturated heterocycles. The number of aryl methyl sites for hydroxylation is 1. The van der Waals surface area contributed by atoms with Crippen LogP contribution in [0, 0.1) is 19.8 Å². The van der Waals surface area contributed by atoms with E-state index < -0.39 is 5.97 Å². The zero-order valence-electron chi connectivity index (χ0n) is 15.7. The average molecular weight is 369 g/mol. The molecule has 3 rings (SSSR count). The Morgan fingerprint density at radius 3 is 2.63 bits per heavy atom. The van der Waals surface area contributed by atoms with Crippen molar-refractivity contribution >= 4 is 17.7 Å². The van der Waals surface area contributed by atoms with E-state index in [9.17, 15) is 14.4 Å². The summed E-state index contributed by atoms with van der Waals surface area (Å²) in [4.78, 5) is 46.1. The fourth-order valence-electron chi connectivity index (χ4n) is 3.24. The van der Waals surface area contributed by atoms with Gasteiger partial charge in [-0.25, -0.2) is 4.79 Å². The number of Topliss-reactive ketones (excluding diaryl/α,β-unsaturated/α-hetero) is 1. The van der Waals surface area contributed by atoms with Gasteiger partial charge in [-0.2, -0.15) is 0 Å². The third-order valence-corrected chi connectivity index (χ3v) is 4.77. The molecule has 27 heavy (non-hydrogen) atoms. The maximum atomic E-state index is 13.0. The highest BCUT2D eigenvalue weighted by Crippen LogP contribution is 2.31. The van der Waals surface area contributed by atoms with E-state index in [2.05, 4.69) is 9.97 Å². The van der Waals surface area contributed by atoms with Crippen LogP contribution in [-0.4, -0.2) is 46.2 Å². The molecule has 1 aliphatic rings. The molecule has 0 atom stereocenters. The summed E-state index contributed by atoms with van der Waals surface area (Å²) in [7, 11) is 1.30. The SMILES string of the molecule is COC(=O)c1[nH]c(C)c(C(=O)CN(Cc2cccnc2)C(=O)C2CC2)c1C. The van der Waals surface area contributed by atoms with Gasteiger partial charge in [0.2, 0.25) is 5.91 Å². The Morgan fingerprint density at radius 1 is 1.30 bits per heavy atom. The molecule has 1 amide bonds. The number of esters is 1. The van der Waals surface area contributed by atoms with E-state index >= 15 is 0 Å². The van der Waals surface area contributed by atoms with E-state index in [1.165, 1.54) is 7.11 Å². The van der Waals surface area contributed by atoms with Crippen LogP contribution in [0.4, 0.5) is 0 Å². The van der Waals surface area contributed by atoms with E-state index in [-0.39, 0.29) is 29.8 Å². The Hall–Kier alpha value is -2.96. The number of amides is 1. The number of carbonyl (C=O) groups is 3. The number of H-pyrrole nitrogens is 1. The van der Waals surface area contributed by atoms with Crippen molar-refractivity contribution in [2.24, 2.45) is 5.92 Å². The lowest BCUT2D eigenvalue weighted by molar-refractivity contribution is -0.132. The molecule has 2 heterocycles. The van der Waals surface area contributed by atoms with Crippen LogP contribution < -0.4 is 0 Å². The fourth-order valence-corrected chi connectivity index (χ4v) is 3.24. The summed E-state index contributed by atoms with van der Waals surface area (Å²) < 4.78 is 4.75. The molecule has 1 N–H and O–H groups in total. The van der Waals surface area contributed by atoms with Gasteiger partial charge in [0.05, 0.1) is 13.7 Å². The first-order chi connectivity index (χ1) is 12.9. The van der Waals surface area contributed by atoms with E-state index in [0.717, 1.165) is 18.4 Å². The number of hydrogen-bond acceptors (Lipinski definition) is 5. The molecule has 0 aromatic carbocycles. The van der Waals surface area contributed by atoms with Gasteiger partial charge in [-0.3, -0.25) is 14.6 Å². The summed E-state index contributed by atoms with van der Waals surface area (Å²) in [6.07, 6.45) is 5.10. The van der Waals surface area contributed by atoms with Crippen molar-refractivity contribution in [1.82, 2.24) is 14.9 Å². The van der Waals surface area contributed by atoms with E-state index in [4.69, 9.17) is 4.74 Å². The number of hydrogen-bond donors (Lipinski definition) is 1. The second kappa shape index (κ2) is 7.73. The zero-order valence-corrected chi connectivity index (χ0v) is 15.7. The molecular weight excluding hydrogens is 346 g/mol. The molecule has 0 aliphatic heterocycles. The Labute approximate surface area is 157 Å². The number of aromatic nitrogens is 2. The van der Waals surface area contributed by atoms with E-state index in [1.807, 2.05) is 6.07 Å². The first-order valence-corrected chi connectivity index (χ1v) is 8.90. The van der Waals surface area contributed by atoms with E-state index in [1.54, 1.807) is 37.2 Å². The van der Waals surface area contributed by atoms with Crippen LogP contribution in [0.15, 0.2) is 24.5 Å². The highest BCUT2D eigenvalue weighted by atomic mass is 16.5. The predicted octanol–water partition coefficient (Wildman–Crippen LogP) is 2.43. The highest BCUT2D eigenvalue weighted by molar-refractivity contribution is 6.04. The lowest BCUT2D eigenvalue weighted by Crippen LogP contribution is -2.36. The minimum Gasteiger partial charge on any atom is -0.464 e. The second-order valence-electron chi connectivity index (χ2n) is 6.87. The predicted molar refractivity (Wildman–Crippen MR) is 98.3 cm³/mol. The number of pyridine rings is 1. The number of nitrogens with zero attached hydrogens (tertiary/aromatic N) is 2. The summed E-state index contributed by atoms with van der Waals surface area (Å²) in [6, 6.07) is 3.69. The largest absolute Gasteiger partial charge is 0.464 e. The van der Waals surface area contributed by atoms with Crippen LogP contribution in [0.3, 0.4) is 0 Å². The first kappa shape index (κ1) is 18.8. The third kappa shape index (κ3) is 4.07. The van der Waals surface area contributed by atoms with Gasteiger partial charge in [0.15, 0.2) is 5.78 Å². The molecule has 0 bridgehead atoms. The number of ketones is 1. The summed E-state index contributed by atoms with van der Waals surface area (Å²) in [5.74, 6) is -0.718. The van der Waals surface area contributed by atoms with Gasteiger partial charge in [0, 0.05) is 36.1 Å². The quantitative estimate of drug-likeness (QED) is 0.598. The van der Waals surface area contributed by atoms with Gasteiger partial charge in [-0.05, 0) is 43.9 Å². The van der Waals surface area contributed by atoms with Crippen LogP contribution >= 0.6 is 0 Å². The van der Waals surface area contributed by atoms with Gasteiger partial charge in [-0.1, -0.05) is 6.07 Å². The Balaban J connectivity index is 1.83. The van der Waals surface area contributed by atoms with Crippen molar-refractivity contribution in [1.29, 1.82) is 0 Å². The number of aromatic amines is 1. The van der Waals surface area contributed by atoms with Gasteiger partial charge in [-0.15, -0.1) is 0 Å². The molecular formula is C20H23N3O4. The minimum atomic E-state index is -0.518. The molecule has 2 aromatic rings. The standard InChI is InChI=1S/C20H23N3O4/c1-12-17(13(2)22-18(12)20(26)27-3)16(24)11-23(19(25)15-6-7-15)10-14-5-4-8-21-9-14/h4-5,8-9,15,22H,6-7,10-11H2,1-3H3. The highest BCUT2D eigenvalue weighted by Gasteiger charge is 2.35. The van der Waals surface area contributed by atoms with Crippen molar-refractivity contribution in [2.75, 3.05) is 13.7 Å². The van der Waals surface area contributed by atoms with Crippen LogP contribution in [0.25, 0.3) is 0 Å². The van der Waals surface area contributed by atoms with Gasteiger partial charge in [0.25, 0.3) is 0 Å². The lowest BCUT2D eigenvalue weighted by atomic mass is 10.0. The Morgan fingerprint density at radius 2 is 2.04 bits per heavy atom. The Bertz CT molecular complexity index is 869. The summed E-state index contributed by atoms with van der Waals surface area (Å²) >= 11 is 0. The third-order valence-electron chi connectivity index (χ3n) is 4.77. The first-order valence-electron chi connectivity index (χ1n) is 8.90. The molecule has 0 unspecified atom stereocenters. The Kier molecular flexibility index (Phi) is 5.39. The van der Waals surface area contributed by atoms with Crippen LogP contribution in [0.2, 0.25) is 0 Å². The number of nitrogens with one attached hydrogen (secondary N) is 1. The van der Waals surface area contributed by atoms with Crippen LogP contribution in [-0.2, 0) is 16.1 Å². The molecule has 7 heteroatoms. The molecule has 2 aromatic heterocycles. The fraction of sp³-hybridized carbons (Fsp3) is 0.400. The smallest absolute Gasteiger partial charge is 0.354 e. The lowest BCUT2D eigenvalue weighted by Gasteiger charge is -2.22. The number of ether oxygens (including phenoxy) is 1. The molecule has 0 radical (unpaired) electrons. The number of methoxy groups -OCH3 is 1. The van der Waals surface area contributed by atoms with Crippen molar-refractivity contribution in [3.8, 4) is 0 Å². The van der Waals surface area contributed by atoms with Crippen molar-refractivity contribution in [2.45, 2.75) is 33.2 Å². The van der Waals surface area contributed by atoms with Crippen LogP contribution in [0.5, 0.6) is 0 Å². The van der Waals surface area contributed by atoms with Crippen molar-refractivity contribution in [3.63, 3.8) is 0 Å². The van der Waals surface area contributed by atoms with Crippen molar-refractivity contribution in [3.05, 3.63) is 52.6 Å². The second-order valence-corrected chi connectivity index (χ2v) is 6.87. The molecule has 1 fully saturated rings. The number of rotatable bonds is 7. The summed E-state index contributed by atoms with van der Waals surface area (Å²) in [6.45, 7) is 3.74. The maximum absolute atomic E-state index is 13.0. The van der Waals surface area contributed by atoms with Gasteiger partial charge < -0.3 is 14.6 Å². The summed E-state index contributed by atoms with van der Waals surface area (Å²) in [5, 5.41) is 0.